The SMILES string of the molecule is Cc1cc2c(n1CC(C)N1CCCC1)CC(C)(C)CC2O. The van der Waals surface area contributed by atoms with Gasteiger partial charge in [0.25, 0.3) is 0 Å². The summed E-state index contributed by atoms with van der Waals surface area (Å²) in [5.41, 5.74) is 4.07. The maximum Gasteiger partial charge on any atom is 0.0812 e. The lowest BCUT2D eigenvalue weighted by atomic mass is 9.75. The Bertz CT molecular complexity index is 512. The highest BCUT2D eigenvalue weighted by atomic mass is 16.3. The predicted octanol–water partition coefficient (Wildman–Crippen LogP) is 3.29. The highest BCUT2D eigenvalue weighted by Crippen LogP contribution is 2.42. The van der Waals surface area contributed by atoms with Gasteiger partial charge in [0.15, 0.2) is 0 Å². The molecule has 2 atom stereocenters. The summed E-state index contributed by atoms with van der Waals surface area (Å²) < 4.78 is 2.47. The zero-order valence-corrected chi connectivity index (χ0v) is 14.0. The highest BCUT2D eigenvalue weighted by molar-refractivity contribution is 5.33. The first-order chi connectivity index (χ1) is 9.87. The van der Waals surface area contributed by atoms with Crippen LogP contribution in [0.4, 0.5) is 0 Å². The van der Waals surface area contributed by atoms with Gasteiger partial charge in [-0.1, -0.05) is 13.8 Å². The summed E-state index contributed by atoms with van der Waals surface area (Å²) in [5.74, 6) is 0. The molecule has 0 spiro atoms. The van der Waals surface area contributed by atoms with E-state index in [-0.39, 0.29) is 11.5 Å². The molecule has 118 valence electrons. The van der Waals surface area contributed by atoms with E-state index >= 15 is 0 Å². The van der Waals surface area contributed by atoms with E-state index in [0.29, 0.717) is 6.04 Å². The van der Waals surface area contributed by atoms with E-state index in [1.54, 1.807) is 0 Å². The van der Waals surface area contributed by atoms with Crippen LogP contribution in [0.2, 0.25) is 0 Å². The Morgan fingerprint density at radius 3 is 2.67 bits per heavy atom. The van der Waals surface area contributed by atoms with Crippen LogP contribution in [0, 0.1) is 12.3 Å². The molecule has 2 heterocycles. The molecule has 3 rings (SSSR count). The molecule has 1 fully saturated rings. The van der Waals surface area contributed by atoms with E-state index < -0.39 is 0 Å². The summed E-state index contributed by atoms with van der Waals surface area (Å²) in [6, 6.07) is 2.80. The number of aliphatic hydroxyl groups is 1. The van der Waals surface area contributed by atoms with E-state index in [9.17, 15) is 5.11 Å². The first-order valence-electron chi connectivity index (χ1n) is 8.48. The minimum atomic E-state index is -0.286. The van der Waals surface area contributed by atoms with Crippen molar-refractivity contribution in [3.8, 4) is 0 Å². The molecule has 2 unspecified atom stereocenters. The molecule has 1 saturated heterocycles. The molecule has 3 nitrogen and oxygen atoms in total. The molecular formula is C18H30N2O. The Balaban J connectivity index is 1.86. The van der Waals surface area contributed by atoms with Crippen molar-refractivity contribution >= 4 is 0 Å². The van der Waals surface area contributed by atoms with E-state index in [1.165, 1.54) is 42.9 Å². The number of aliphatic hydroxyl groups excluding tert-OH is 1. The van der Waals surface area contributed by atoms with Crippen LogP contribution >= 0.6 is 0 Å². The maximum atomic E-state index is 10.5. The molecule has 0 aromatic carbocycles. The summed E-state index contributed by atoms with van der Waals surface area (Å²) in [4.78, 5) is 2.61. The molecule has 0 bridgehead atoms. The third kappa shape index (κ3) is 2.91. The number of aryl methyl sites for hydroxylation is 1. The van der Waals surface area contributed by atoms with Crippen molar-refractivity contribution < 1.29 is 5.11 Å². The molecule has 3 heteroatoms. The highest BCUT2D eigenvalue weighted by Gasteiger charge is 2.34. The summed E-state index contributed by atoms with van der Waals surface area (Å²) in [5, 5.41) is 10.5. The van der Waals surface area contributed by atoms with Crippen LogP contribution in [0.5, 0.6) is 0 Å². The van der Waals surface area contributed by atoms with E-state index in [2.05, 4.69) is 43.2 Å². The third-order valence-corrected chi connectivity index (χ3v) is 5.41. The first kappa shape index (κ1) is 15.1. The van der Waals surface area contributed by atoms with Gasteiger partial charge in [-0.3, -0.25) is 4.90 Å². The van der Waals surface area contributed by atoms with Gasteiger partial charge in [-0.25, -0.2) is 0 Å². The number of nitrogens with zero attached hydrogens (tertiary/aromatic N) is 2. The number of aromatic nitrogens is 1. The van der Waals surface area contributed by atoms with Gasteiger partial charge in [-0.05, 0) is 64.1 Å². The van der Waals surface area contributed by atoms with Crippen molar-refractivity contribution in [1.29, 1.82) is 0 Å². The lowest BCUT2D eigenvalue weighted by Gasteiger charge is -2.35. The fraction of sp³-hybridized carbons (Fsp3) is 0.778. The molecule has 1 aliphatic heterocycles. The molecule has 2 aliphatic rings. The number of rotatable bonds is 3. The summed E-state index contributed by atoms with van der Waals surface area (Å²) in [6.07, 6.45) is 4.37. The fourth-order valence-electron chi connectivity index (χ4n) is 4.22. The molecule has 0 amide bonds. The minimum Gasteiger partial charge on any atom is -0.388 e. The number of hydrogen-bond donors (Lipinski definition) is 1. The smallest absolute Gasteiger partial charge is 0.0812 e. The van der Waals surface area contributed by atoms with Gasteiger partial charge in [0.1, 0.15) is 0 Å². The van der Waals surface area contributed by atoms with Gasteiger partial charge in [-0.2, -0.15) is 0 Å². The molecule has 1 aromatic rings. The van der Waals surface area contributed by atoms with Gasteiger partial charge in [0.2, 0.25) is 0 Å². The molecule has 1 aromatic heterocycles. The second-order valence-electron chi connectivity index (χ2n) is 7.95. The van der Waals surface area contributed by atoms with Crippen LogP contribution < -0.4 is 0 Å². The summed E-state index contributed by atoms with van der Waals surface area (Å²) >= 11 is 0. The second kappa shape index (κ2) is 5.44. The van der Waals surface area contributed by atoms with Crippen LogP contribution in [0.15, 0.2) is 6.07 Å². The minimum absolute atomic E-state index is 0.200. The van der Waals surface area contributed by atoms with Crippen molar-refractivity contribution in [2.45, 2.75) is 72.1 Å². The van der Waals surface area contributed by atoms with Gasteiger partial charge in [0, 0.05) is 29.5 Å². The Hall–Kier alpha value is -0.800. The molecule has 0 saturated carbocycles. The second-order valence-corrected chi connectivity index (χ2v) is 7.95. The average molecular weight is 290 g/mol. The Labute approximate surface area is 129 Å². The maximum absolute atomic E-state index is 10.5. The van der Waals surface area contributed by atoms with Crippen LogP contribution in [0.25, 0.3) is 0 Å². The molecule has 1 aliphatic carbocycles. The lowest BCUT2D eigenvalue weighted by molar-refractivity contribution is 0.0973. The molecule has 0 radical (unpaired) electrons. The van der Waals surface area contributed by atoms with Crippen molar-refractivity contribution in [3.05, 3.63) is 23.0 Å². The van der Waals surface area contributed by atoms with Gasteiger partial charge in [0.05, 0.1) is 6.10 Å². The topological polar surface area (TPSA) is 28.4 Å². The monoisotopic (exact) mass is 290 g/mol. The van der Waals surface area contributed by atoms with E-state index in [0.717, 1.165) is 19.4 Å². The first-order valence-corrected chi connectivity index (χ1v) is 8.48. The fourth-order valence-corrected chi connectivity index (χ4v) is 4.22. The summed E-state index contributed by atoms with van der Waals surface area (Å²) in [7, 11) is 0. The average Bonchev–Trinajstić information content (AvgIpc) is 2.99. The zero-order chi connectivity index (χ0) is 15.2. The Morgan fingerprint density at radius 2 is 2.00 bits per heavy atom. The zero-order valence-electron chi connectivity index (χ0n) is 14.0. The van der Waals surface area contributed by atoms with Gasteiger partial charge in [-0.15, -0.1) is 0 Å². The normalized spacial score (nSPS) is 26.8. The number of fused-ring (bicyclic) bond motifs is 1. The number of hydrogen-bond acceptors (Lipinski definition) is 2. The Morgan fingerprint density at radius 1 is 1.33 bits per heavy atom. The quantitative estimate of drug-likeness (QED) is 0.925. The predicted molar refractivity (Wildman–Crippen MR) is 86.5 cm³/mol. The van der Waals surface area contributed by atoms with E-state index in [4.69, 9.17) is 0 Å². The van der Waals surface area contributed by atoms with Crippen molar-refractivity contribution in [3.63, 3.8) is 0 Å². The number of likely N-dealkylation sites (tertiary alicyclic amines) is 1. The molecular weight excluding hydrogens is 260 g/mol. The Kier molecular flexibility index (Phi) is 3.91. The van der Waals surface area contributed by atoms with Crippen molar-refractivity contribution in [2.24, 2.45) is 5.41 Å². The van der Waals surface area contributed by atoms with Crippen molar-refractivity contribution in [2.75, 3.05) is 13.1 Å². The largest absolute Gasteiger partial charge is 0.388 e. The standard InChI is InChI=1S/C18H30N2O/c1-13-9-15-16(10-18(3,4)11-17(15)21)20(13)12-14(2)19-7-5-6-8-19/h9,14,17,21H,5-8,10-12H2,1-4H3. The van der Waals surface area contributed by atoms with E-state index in [1.807, 2.05) is 0 Å². The van der Waals surface area contributed by atoms with Gasteiger partial charge >= 0.3 is 0 Å². The third-order valence-electron chi connectivity index (χ3n) is 5.41. The van der Waals surface area contributed by atoms with Crippen LogP contribution in [-0.4, -0.2) is 33.7 Å². The molecule has 1 N–H and O–H groups in total. The van der Waals surface area contributed by atoms with Crippen molar-refractivity contribution in [1.82, 2.24) is 9.47 Å². The van der Waals surface area contributed by atoms with Gasteiger partial charge < -0.3 is 9.67 Å². The molecule has 21 heavy (non-hydrogen) atoms. The van der Waals surface area contributed by atoms with Crippen LogP contribution in [0.1, 0.15) is 63.1 Å². The van der Waals surface area contributed by atoms with Crippen LogP contribution in [-0.2, 0) is 13.0 Å². The van der Waals surface area contributed by atoms with Crippen LogP contribution in [0.3, 0.4) is 0 Å². The summed E-state index contributed by atoms with van der Waals surface area (Å²) in [6.45, 7) is 12.6. The lowest BCUT2D eigenvalue weighted by Crippen LogP contribution is -2.35.